The zero-order chi connectivity index (χ0) is 22.4. The van der Waals surface area contributed by atoms with Gasteiger partial charge >= 0.3 is 0 Å². The molecule has 168 valence electrons. The van der Waals surface area contributed by atoms with Crippen molar-refractivity contribution in [1.29, 1.82) is 0 Å². The Morgan fingerprint density at radius 3 is 2.47 bits per heavy atom. The number of hydrogen-bond acceptors (Lipinski definition) is 6. The van der Waals surface area contributed by atoms with E-state index >= 15 is 0 Å². The number of nitrogens with one attached hydrogen (secondary N) is 2. The minimum absolute atomic E-state index is 0.0697. The summed E-state index contributed by atoms with van der Waals surface area (Å²) in [6, 6.07) is 20.3. The summed E-state index contributed by atoms with van der Waals surface area (Å²) in [5.74, 6) is 0.794. The highest BCUT2D eigenvalue weighted by atomic mass is 16.5. The van der Waals surface area contributed by atoms with Crippen LogP contribution in [0.25, 0.3) is 0 Å². The largest absolute Gasteiger partial charge is 0.377 e. The van der Waals surface area contributed by atoms with Crippen LogP contribution in [0.2, 0.25) is 0 Å². The van der Waals surface area contributed by atoms with Gasteiger partial charge in [0.2, 0.25) is 5.91 Å². The number of carbonyl (C=O) groups excluding carboxylic acids is 1. The molecule has 1 aliphatic rings. The Labute approximate surface area is 188 Å². The Morgan fingerprint density at radius 2 is 1.81 bits per heavy atom. The van der Waals surface area contributed by atoms with Crippen molar-refractivity contribution in [1.82, 2.24) is 15.4 Å². The molecule has 1 aliphatic heterocycles. The van der Waals surface area contributed by atoms with Crippen LogP contribution in [0.5, 0.6) is 0 Å². The topological polar surface area (TPSA) is 79.6 Å². The lowest BCUT2D eigenvalue weighted by Gasteiger charge is -2.42. The van der Waals surface area contributed by atoms with Gasteiger partial charge in [0, 0.05) is 38.2 Å². The summed E-state index contributed by atoms with van der Waals surface area (Å²) in [5.41, 5.74) is 4.02. The molecule has 1 fully saturated rings. The van der Waals surface area contributed by atoms with Crippen LogP contribution < -0.4 is 10.6 Å². The Kier molecular flexibility index (Phi) is 6.99. The maximum Gasteiger partial charge on any atom is 0.221 e. The third-order valence-electron chi connectivity index (χ3n) is 5.55. The fourth-order valence-corrected chi connectivity index (χ4v) is 3.89. The van der Waals surface area contributed by atoms with Gasteiger partial charge in [0.15, 0.2) is 5.76 Å². The van der Waals surface area contributed by atoms with Crippen molar-refractivity contribution in [2.75, 3.05) is 25.6 Å². The molecular weight excluding hydrogens is 404 g/mol. The molecule has 1 amide bonds. The number of nitrogens with zero attached hydrogens (tertiary/aromatic N) is 2. The SMILES string of the molecule is CC(=O)Nc1ccc(CNC2(Cc3cc(CN(C)Cc4ccccc4)on3)COC2)cc1. The summed E-state index contributed by atoms with van der Waals surface area (Å²) in [4.78, 5) is 13.4. The second kappa shape index (κ2) is 10.1. The molecule has 1 aromatic heterocycles. The quantitative estimate of drug-likeness (QED) is 0.509. The molecule has 32 heavy (non-hydrogen) atoms. The molecule has 2 N–H and O–H groups in total. The number of anilines is 1. The van der Waals surface area contributed by atoms with E-state index in [-0.39, 0.29) is 11.4 Å². The van der Waals surface area contributed by atoms with Crippen molar-refractivity contribution in [3.63, 3.8) is 0 Å². The number of benzene rings is 2. The molecule has 3 aromatic rings. The lowest BCUT2D eigenvalue weighted by molar-refractivity contribution is -0.114. The number of amides is 1. The lowest BCUT2D eigenvalue weighted by Crippen LogP contribution is -2.61. The van der Waals surface area contributed by atoms with Gasteiger partial charge in [0.25, 0.3) is 0 Å². The maximum atomic E-state index is 11.2. The zero-order valence-corrected chi connectivity index (χ0v) is 18.6. The molecule has 0 unspecified atom stereocenters. The summed E-state index contributed by atoms with van der Waals surface area (Å²) in [7, 11) is 2.08. The van der Waals surface area contributed by atoms with Gasteiger partial charge in [-0.15, -0.1) is 0 Å². The van der Waals surface area contributed by atoms with Crippen molar-refractivity contribution in [3.8, 4) is 0 Å². The van der Waals surface area contributed by atoms with Gasteiger partial charge < -0.3 is 19.9 Å². The molecule has 0 bridgehead atoms. The van der Waals surface area contributed by atoms with Gasteiger partial charge in [-0.2, -0.15) is 0 Å². The highest BCUT2D eigenvalue weighted by Crippen LogP contribution is 2.24. The van der Waals surface area contributed by atoms with E-state index in [1.54, 1.807) is 0 Å². The van der Waals surface area contributed by atoms with E-state index in [1.165, 1.54) is 12.5 Å². The lowest BCUT2D eigenvalue weighted by atomic mass is 9.91. The third-order valence-corrected chi connectivity index (χ3v) is 5.55. The molecule has 0 aliphatic carbocycles. The van der Waals surface area contributed by atoms with Crippen LogP contribution in [0.3, 0.4) is 0 Å². The van der Waals surface area contributed by atoms with Crippen molar-refractivity contribution >= 4 is 11.6 Å². The van der Waals surface area contributed by atoms with Crippen molar-refractivity contribution in [3.05, 3.63) is 83.2 Å². The first-order valence-electron chi connectivity index (χ1n) is 10.9. The minimum atomic E-state index is -0.139. The Bertz CT molecular complexity index is 1010. The Hall–Kier alpha value is -3.00. The first-order chi connectivity index (χ1) is 15.5. The van der Waals surface area contributed by atoms with Crippen LogP contribution >= 0.6 is 0 Å². The van der Waals surface area contributed by atoms with E-state index in [2.05, 4.69) is 52.0 Å². The Morgan fingerprint density at radius 1 is 1.06 bits per heavy atom. The first-order valence-corrected chi connectivity index (χ1v) is 10.9. The van der Waals surface area contributed by atoms with Gasteiger partial charge in [0.05, 0.1) is 31.0 Å². The van der Waals surface area contributed by atoms with E-state index < -0.39 is 0 Å². The average molecular weight is 435 g/mol. The molecule has 0 spiro atoms. The van der Waals surface area contributed by atoms with E-state index in [9.17, 15) is 4.79 Å². The summed E-state index contributed by atoms with van der Waals surface area (Å²) < 4.78 is 11.1. The van der Waals surface area contributed by atoms with Crippen LogP contribution in [0.1, 0.15) is 29.5 Å². The number of aromatic nitrogens is 1. The molecule has 0 saturated carbocycles. The van der Waals surface area contributed by atoms with Gasteiger partial charge in [-0.25, -0.2) is 0 Å². The van der Waals surface area contributed by atoms with Gasteiger partial charge in [-0.1, -0.05) is 47.6 Å². The average Bonchev–Trinajstić information content (AvgIpc) is 3.17. The molecule has 2 heterocycles. The highest BCUT2D eigenvalue weighted by Gasteiger charge is 2.39. The fraction of sp³-hybridized carbons (Fsp3) is 0.360. The van der Waals surface area contributed by atoms with Gasteiger partial charge in [0.1, 0.15) is 0 Å². The highest BCUT2D eigenvalue weighted by molar-refractivity contribution is 5.88. The number of rotatable bonds is 10. The monoisotopic (exact) mass is 434 g/mol. The van der Waals surface area contributed by atoms with E-state index in [0.717, 1.165) is 35.7 Å². The number of hydrogen-bond donors (Lipinski definition) is 2. The van der Waals surface area contributed by atoms with Crippen molar-refractivity contribution in [2.45, 2.75) is 38.5 Å². The molecule has 1 saturated heterocycles. The zero-order valence-electron chi connectivity index (χ0n) is 18.6. The van der Waals surface area contributed by atoms with Crippen molar-refractivity contribution < 1.29 is 14.1 Å². The molecule has 7 heteroatoms. The van der Waals surface area contributed by atoms with Crippen LogP contribution in [-0.4, -0.2) is 41.8 Å². The van der Waals surface area contributed by atoms with Crippen molar-refractivity contribution in [2.24, 2.45) is 0 Å². The van der Waals surface area contributed by atoms with Crippen LogP contribution in [-0.2, 0) is 35.6 Å². The van der Waals surface area contributed by atoms with Gasteiger partial charge in [-0.3, -0.25) is 9.69 Å². The fourth-order valence-electron chi connectivity index (χ4n) is 3.89. The molecule has 0 atom stereocenters. The van der Waals surface area contributed by atoms with Gasteiger partial charge in [-0.05, 0) is 30.3 Å². The predicted molar refractivity (Wildman–Crippen MR) is 123 cm³/mol. The van der Waals surface area contributed by atoms with E-state index in [0.29, 0.717) is 26.3 Å². The molecule has 7 nitrogen and oxygen atoms in total. The smallest absolute Gasteiger partial charge is 0.221 e. The second-order valence-corrected chi connectivity index (χ2v) is 8.62. The van der Waals surface area contributed by atoms with Crippen LogP contribution in [0, 0.1) is 0 Å². The third kappa shape index (κ3) is 6.03. The molecule has 4 rings (SSSR count). The minimum Gasteiger partial charge on any atom is -0.377 e. The second-order valence-electron chi connectivity index (χ2n) is 8.62. The maximum absolute atomic E-state index is 11.2. The van der Waals surface area contributed by atoms with E-state index in [1.807, 2.05) is 36.4 Å². The Balaban J connectivity index is 1.29. The normalized spacial score (nSPS) is 14.8. The predicted octanol–water partition coefficient (Wildman–Crippen LogP) is 3.37. The summed E-state index contributed by atoms with van der Waals surface area (Å²) >= 11 is 0. The molecule has 2 aromatic carbocycles. The van der Waals surface area contributed by atoms with Crippen LogP contribution in [0.4, 0.5) is 5.69 Å². The summed E-state index contributed by atoms with van der Waals surface area (Å²) in [5, 5.41) is 10.7. The summed E-state index contributed by atoms with van der Waals surface area (Å²) in [6.07, 6.45) is 0.753. The molecular formula is C25H30N4O3. The number of carbonyl (C=O) groups is 1. The first kappa shape index (κ1) is 22.2. The molecule has 0 radical (unpaired) electrons. The standard InChI is InChI=1S/C25H30N4O3/c1-19(30)27-22-10-8-20(9-11-22)14-26-25(17-31-18-25)13-23-12-24(32-28-23)16-29(2)15-21-6-4-3-5-7-21/h3-12,26H,13-18H2,1-2H3,(H,27,30). The van der Waals surface area contributed by atoms with Crippen LogP contribution in [0.15, 0.2) is 65.2 Å². The number of ether oxygens (including phenoxy) is 1. The summed E-state index contributed by atoms with van der Waals surface area (Å²) in [6.45, 7) is 5.08. The van der Waals surface area contributed by atoms with E-state index in [4.69, 9.17) is 9.26 Å².